The molecule has 0 atom stereocenters. The number of unbranched alkanes of at least 4 members (excludes halogenated alkanes) is 1. The molecule has 0 saturated heterocycles. The summed E-state index contributed by atoms with van der Waals surface area (Å²) in [4.78, 5) is 0. The monoisotopic (exact) mass is 284 g/mol. The van der Waals surface area contributed by atoms with E-state index >= 15 is 0 Å². The first kappa shape index (κ1) is 13.4. The molecule has 2 aromatic rings. The number of aryl methyl sites for hydroxylation is 1. The van der Waals surface area contributed by atoms with Crippen molar-refractivity contribution in [3.63, 3.8) is 0 Å². The Balaban J connectivity index is 1.79. The molecule has 0 aromatic carbocycles. The van der Waals surface area contributed by atoms with Crippen molar-refractivity contribution in [2.24, 2.45) is 0 Å². The fourth-order valence-electron chi connectivity index (χ4n) is 1.33. The van der Waals surface area contributed by atoms with Gasteiger partial charge in [-0.1, -0.05) is 41.6 Å². The zero-order valence-corrected chi connectivity index (χ0v) is 12.1. The van der Waals surface area contributed by atoms with Gasteiger partial charge in [0.2, 0.25) is 5.13 Å². The van der Waals surface area contributed by atoms with E-state index in [9.17, 15) is 0 Å². The molecule has 0 spiro atoms. The Hall–Kier alpha value is -1.08. The second-order valence-electron chi connectivity index (χ2n) is 3.88. The molecule has 0 aliphatic heterocycles. The highest BCUT2D eigenvalue weighted by molar-refractivity contribution is 8.00. The average Bonchev–Trinajstić information content (AvgIpc) is 2.96. The number of hydrogen-bond donors (Lipinski definition) is 1. The summed E-state index contributed by atoms with van der Waals surface area (Å²) in [5.41, 5.74) is 0.907. The zero-order valence-electron chi connectivity index (χ0n) is 10.5. The van der Waals surface area contributed by atoms with Gasteiger partial charge in [0.25, 0.3) is 0 Å². The summed E-state index contributed by atoms with van der Waals surface area (Å²) in [5, 5.41) is 16.2. The molecule has 1 N–H and O–H groups in total. The van der Waals surface area contributed by atoms with Crippen molar-refractivity contribution < 1.29 is 4.52 Å². The van der Waals surface area contributed by atoms with Crippen LogP contribution in [0.3, 0.4) is 0 Å². The Morgan fingerprint density at radius 3 is 3.06 bits per heavy atom. The number of nitrogens with one attached hydrogen (secondary N) is 1. The van der Waals surface area contributed by atoms with Gasteiger partial charge in [-0.05, 0) is 13.3 Å². The van der Waals surface area contributed by atoms with E-state index in [1.165, 1.54) is 6.42 Å². The third kappa shape index (κ3) is 3.99. The Labute approximate surface area is 114 Å². The van der Waals surface area contributed by atoms with Crippen molar-refractivity contribution in [1.29, 1.82) is 0 Å². The van der Waals surface area contributed by atoms with Gasteiger partial charge in [0.05, 0.1) is 11.4 Å². The normalized spacial score (nSPS) is 10.8. The third-order valence-electron chi connectivity index (χ3n) is 2.23. The Kier molecular flexibility index (Phi) is 5.00. The van der Waals surface area contributed by atoms with Crippen LogP contribution in [0.1, 0.15) is 31.2 Å². The Morgan fingerprint density at radius 2 is 2.33 bits per heavy atom. The molecular weight excluding hydrogens is 268 g/mol. The summed E-state index contributed by atoms with van der Waals surface area (Å²) < 4.78 is 6.09. The van der Waals surface area contributed by atoms with Crippen LogP contribution >= 0.6 is 23.1 Å². The SMILES string of the molecule is CCCCNc1nnc(SCc2cc(C)no2)s1. The van der Waals surface area contributed by atoms with Gasteiger partial charge in [0.15, 0.2) is 4.34 Å². The highest BCUT2D eigenvalue weighted by Crippen LogP contribution is 2.28. The lowest BCUT2D eigenvalue weighted by molar-refractivity contribution is 0.391. The summed E-state index contributed by atoms with van der Waals surface area (Å²) in [7, 11) is 0. The molecule has 0 aliphatic carbocycles. The van der Waals surface area contributed by atoms with Crippen LogP contribution in [0.4, 0.5) is 5.13 Å². The average molecular weight is 284 g/mol. The first-order valence-corrected chi connectivity index (χ1v) is 7.70. The van der Waals surface area contributed by atoms with Crippen molar-refractivity contribution in [2.75, 3.05) is 11.9 Å². The van der Waals surface area contributed by atoms with Gasteiger partial charge in [-0.2, -0.15) is 0 Å². The van der Waals surface area contributed by atoms with Crippen LogP contribution in [-0.2, 0) is 5.75 Å². The van der Waals surface area contributed by atoms with Crippen LogP contribution in [0.15, 0.2) is 14.9 Å². The van der Waals surface area contributed by atoms with Crippen LogP contribution in [0, 0.1) is 6.92 Å². The van der Waals surface area contributed by atoms with Crippen LogP contribution in [0.2, 0.25) is 0 Å². The van der Waals surface area contributed by atoms with Crippen LogP contribution in [-0.4, -0.2) is 21.9 Å². The van der Waals surface area contributed by atoms with E-state index in [2.05, 4.69) is 27.6 Å². The summed E-state index contributed by atoms with van der Waals surface area (Å²) in [5.74, 6) is 1.61. The highest BCUT2D eigenvalue weighted by atomic mass is 32.2. The number of thioether (sulfide) groups is 1. The van der Waals surface area contributed by atoms with E-state index < -0.39 is 0 Å². The maximum Gasteiger partial charge on any atom is 0.206 e. The molecule has 0 bridgehead atoms. The van der Waals surface area contributed by atoms with Gasteiger partial charge < -0.3 is 9.84 Å². The standard InChI is InChI=1S/C11H16N4OS2/c1-3-4-5-12-10-13-14-11(18-10)17-7-9-6-8(2)15-16-9/h6H,3-5,7H2,1-2H3,(H,12,13). The molecule has 5 nitrogen and oxygen atoms in total. The number of aromatic nitrogens is 3. The maximum absolute atomic E-state index is 5.14. The summed E-state index contributed by atoms with van der Waals surface area (Å²) in [6, 6.07) is 1.94. The van der Waals surface area contributed by atoms with E-state index in [4.69, 9.17) is 4.52 Å². The third-order valence-corrected chi connectivity index (χ3v) is 4.26. The van der Waals surface area contributed by atoms with E-state index in [-0.39, 0.29) is 0 Å². The van der Waals surface area contributed by atoms with Crippen molar-refractivity contribution in [3.8, 4) is 0 Å². The fraction of sp³-hybridized carbons (Fsp3) is 0.545. The van der Waals surface area contributed by atoms with Gasteiger partial charge in [0, 0.05) is 12.6 Å². The van der Waals surface area contributed by atoms with E-state index in [0.717, 1.165) is 39.6 Å². The second kappa shape index (κ2) is 6.75. The van der Waals surface area contributed by atoms with Crippen molar-refractivity contribution in [1.82, 2.24) is 15.4 Å². The quantitative estimate of drug-likeness (QED) is 0.621. The summed E-state index contributed by atoms with van der Waals surface area (Å²) in [6.07, 6.45) is 2.33. The van der Waals surface area contributed by atoms with Gasteiger partial charge >= 0.3 is 0 Å². The van der Waals surface area contributed by atoms with Gasteiger partial charge in [0.1, 0.15) is 5.76 Å². The first-order valence-electron chi connectivity index (χ1n) is 5.90. The molecule has 0 unspecified atom stereocenters. The van der Waals surface area contributed by atoms with Gasteiger partial charge in [-0.25, -0.2) is 0 Å². The van der Waals surface area contributed by atoms with Crippen molar-refractivity contribution in [3.05, 3.63) is 17.5 Å². The van der Waals surface area contributed by atoms with Crippen LogP contribution in [0.25, 0.3) is 0 Å². The van der Waals surface area contributed by atoms with Gasteiger partial charge in [-0.3, -0.25) is 0 Å². The Bertz CT molecular complexity index is 483. The molecule has 98 valence electrons. The van der Waals surface area contributed by atoms with Gasteiger partial charge in [-0.15, -0.1) is 10.2 Å². The minimum absolute atomic E-state index is 0.741. The number of rotatable bonds is 7. The molecule has 0 saturated carbocycles. The minimum Gasteiger partial charge on any atom is -0.360 e. The highest BCUT2D eigenvalue weighted by Gasteiger charge is 2.07. The van der Waals surface area contributed by atoms with E-state index in [0.29, 0.717) is 0 Å². The van der Waals surface area contributed by atoms with Crippen molar-refractivity contribution in [2.45, 2.75) is 36.8 Å². The lowest BCUT2D eigenvalue weighted by Gasteiger charge is -1.97. The maximum atomic E-state index is 5.14. The molecule has 0 amide bonds. The smallest absolute Gasteiger partial charge is 0.206 e. The molecule has 0 aliphatic rings. The minimum atomic E-state index is 0.741. The van der Waals surface area contributed by atoms with Crippen LogP contribution in [0.5, 0.6) is 0 Å². The second-order valence-corrected chi connectivity index (χ2v) is 6.08. The number of anilines is 1. The topological polar surface area (TPSA) is 63.8 Å². The largest absolute Gasteiger partial charge is 0.360 e. The molecule has 0 radical (unpaired) electrons. The molecule has 2 heterocycles. The molecule has 2 aromatic heterocycles. The number of nitrogens with zero attached hydrogens (tertiary/aromatic N) is 3. The first-order chi connectivity index (χ1) is 8.78. The van der Waals surface area contributed by atoms with Crippen molar-refractivity contribution >= 4 is 28.2 Å². The lowest BCUT2D eigenvalue weighted by atomic mass is 10.3. The molecule has 18 heavy (non-hydrogen) atoms. The van der Waals surface area contributed by atoms with Crippen LogP contribution < -0.4 is 5.32 Å². The molecule has 0 fully saturated rings. The summed E-state index contributed by atoms with van der Waals surface area (Å²) >= 11 is 3.19. The summed E-state index contributed by atoms with van der Waals surface area (Å²) in [6.45, 7) is 5.04. The fourth-order valence-corrected chi connectivity index (χ4v) is 2.98. The molecule has 2 rings (SSSR count). The predicted octanol–water partition coefficient (Wildman–Crippen LogP) is 3.34. The predicted molar refractivity (Wildman–Crippen MR) is 74.1 cm³/mol. The van der Waals surface area contributed by atoms with E-state index in [1.54, 1.807) is 23.1 Å². The number of hydrogen-bond acceptors (Lipinski definition) is 7. The molecule has 7 heteroatoms. The Morgan fingerprint density at radius 1 is 1.44 bits per heavy atom. The lowest BCUT2D eigenvalue weighted by Crippen LogP contribution is -1.99. The zero-order chi connectivity index (χ0) is 12.8. The molecular formula is C11H16N4OS2. The van der Waals surface area contributed by atoms with E-state index in [1.807, 2.05) is 13.0 Å².